The number of nitrogens with zero attached hydrogens (tertiary/aromatic N) is 3. The maximum atomic E-state index is 13.3. The van der Waals surface area contributed by atoms with Crippen molar-refractivity contribution in [3.63, 3.8) is 0 Å². The molecular formula is C21H23N3O5S. The molecule has 9 heteroatoms. The Balaban J connectivity index is 1.92. The Labute approximate surface area is 175 Å². The molecule has 1 atom stereocenters. The number of carbonyl (C=O) groups excluding carboxylic acids is 1. The lowest BCUT2D eigenvalue weighted by molar-refractivity contribution is -0.142. The Kier molecular flexibility index (Phi) is 6.07. The first-order valence-corrected chi connectivity index (χ1v) is 10.8. The fraction of sp³-hybridized carbons (Fsp3) is 0.333. The van der Waals surface area contributed by atoms with Crippen molar-refractivity contribution in [2.45, 2.75) is 36.9 Å². The molecular weight excluding hydrogens is 406 g/mol. The van der Waals surface area contributed by atoms with Crippen LogP contribution in [-0.2, 0) is 25.8 Å². The SMILES string of the molecule is COc1ccc(C[C@H]2COC(C)(C)N2C(=O)C(=[N+]=[N-])S(=O)(=O)c2ccccc2)cc1. The predicted octanol–water partition coefficient (Wildman–Crippen LogP) is 2.30. The van der Waals surface area contributed by atoms with Crippen LogP contribution < -0.4 is 4.74 Å². The van der Waals surface area contributed by atoms with Crippen LogP contribution >= 0.6 is 0 Å². The maximum absolute atomic E-state index is 13.3. The molecule has 30 heavy (non-hydrogen) atoms. The fourth-order valence-electron chi connectivity index (χ4n) is 3.50. The van der Waals surface area contributed by atoms with Crippen molar-refractivity contribution in [2.24, 2.45) is 0 Å². The molecule has 0 radical (unpaired) electrons. The number of rotatable bonds is 4. The van der Waals surface area contributed by atoms with Crippen LogP contribution in [0.5, 0.6) is 5.75 Å². The van der Waals surface area contributed by atoms with Gasteiger partial charge in [-0.1, -0.05) is 30.3 Å². The quantitative estimate of drug-likeness (QED) is 0.321. The van der Waals surface area contributed by atoms with E-state index < -0.39 is 32.6 Å². The molecule has 1 heterocycles. The van der Waals surface area contributed by atoms with Crippen molar-refractivity contribution in [1.29, 1.82) is 0 Å². The van der Waals surface area contributed by atoms with E-state index in [9.17, 15) is 18.7 Å². The number of amides is 1. The Morgan fingerprint density at radius 1 is 1.20 bits per heavy atom. The normalized spacial score (nSPS) is 18.0. The van der Waals surface area contributed by atoms with Crippen LogP contribution in [0.1, 0.15) is 19.4 Å². The summed E-state index contributed by atoms with van der Waals surface area (Å²) in [7, 11) is -2.73. The molecule has 0 N–H and O–H groups in total. The first kappa shape index (κ1) is 21.7. The molecule has 0 spiro atoms. The molecule has 2 aromatic carbocycles. The van der Waals surface area contributed by atoms with Crippen molar-refractivity contribution < 1.29 is 27.5 Å². The van der Waals surface area contributed by atoms with Gasteiger partial charge in [0.05, 0.1) is 24.7 Å². The van der Waals surface area contributed by atoms with Gasteiger partial charge in [0.1, 0.15) is 11.5 Å². The van der Waals surface area contributed by atoms with E-state index in [-0.39, 0.29) is 11.5 Å². The van der Waals surface area contributed by atoms with Gasteiger partial charge >= 0.3 is 11.0 Å². The molecule has 0 unspecified atom stereocenters. The van der Waals surface area contributed by atoms with Crippen LogP contribution in [0.25, 0.3) is 5.53 Å². The van der Waals surface area contributed by atoms with E-state index in [1.54, 1.807) is 27.0 Å². The zero-order chi connectivity index (χ0) is 21.9. The smallest absolute Gasteiger partial charge is 0.473 e. The number of hydrogen-bond donors (Lipinski definition) is 0. The third-order valence-electron chi connectivity index (χ3n) is 5.01. The molecule has 0 saturated carbocycles. The van der Waals surface area contributed by atoms with Crippen LogP contribution in [0.15, 0.2) is 59.5 Å². The van der Waals surface area contributed by atoms with Crippen molar-refractivity contribution in [3.8, 4) is 5.75 Å². The van der Waals surface area contributed by atoms with Crippen molar-refractivity contribution in [2.75, 3.05) is 13.7 Å². The summed E-state index contributed by atoms with van der Waals surface area (Å²) in [6.45, 7) is 3.56. The molecule has 1 saturated heterocycles. The first-order chi connectivity index (χ1) is 14.2. The molecule has 3 rings (SSSR count). The van der Waals surface area contributed by atoms with E-state index >= 15 is 0 Å². The Morgan fingerprint density at radius 2 is 1.83 bits per heavy atom. The molecule has 1 aliphatic rings. The van der Waals surface area contributed by atoms with Crippen LogP contribution in [0, 0.1) is 0 Å². The molecule has 158 valence electrons. The van der Waals surface area contributed by atoms with Crippen LogP contribution in [0.4, 0.5) is 0 Å². The molecule has 2 aromatic rings. The average molecular weight is 429 g/mol. The van der Waals surface area contributed by atoms with Gasteiger partial charge in [0.2, 0.25) is 0 Å². The van der Waals surface area contributed by atoms with Gasteiger partial charge in [0.25, 0.3) is 9.84 Å². The zero-order valence-electron chi connectivity index (χ0n) is 17.0. The average Bonchev–Trinajstić information content (AvgIpc) is 3.03. The topological polar surface area (TPSA) is 109 Å². The van der Waals surface area contributed by atoms with E-state index in [0.29, 0.717) is 12.2 Å². The van der Waals surface area contributed by atoms with E-state index in [1.807, 2.05) is 24.3 Å². The van der Waals surface area contributed by atoms with Crippen molar-refractivity contribution in [1.82, 2.24) is 4.90 Å². The van der Waals surface area contributed by atoms with Crippen LogP contribution in [0.3, 0.4) is 0 Å². The van der Waals surface area contributed by atoms with Gasteiger partial charge in [-0.15, -0.1) is 4.79 Å². The van der Waals surface area contributed by atoms with E-state index in [4.69, 9.17) is 9.47 Å². The molecule has 1 amide bonds. The van der Waals surface area contributed by atoms with E-state index in [2.05, 4.69) is 4.79 Å². The minimum absolute atomic E-state index is 0.129. The van der Waals surface area contributed by atoms with Gasteiger partial charge in [-0.2, -0.15) is 0 Å². The molecule has 1 fully saturated rings. The summed E-state index contributed by atoms with van der Waals surface area (Å²) in [5, 5.41) is -0.938. The van der Waals surface area contributed by atoms with Gasteiger partial charge in [-0.25, -0.2) is 8.42 Å². The summed E-state index contributed by atoms with van der Waals surface area (Å²) in [5.74, 6) is -0.208. The first-order valence-electron chi connectivity index (χ1n) is 9.33. The van der Waals surface area contributed by atoms with Gasteiger partial charge < -0.3 is 15.0 Å². The number of carbonyl (C=O) groups is 1. The number of ether oxygens (including phenoxy) is 2. The highest BCUT2D eigenvalue weighted by Gasteiger charge is 2.51. The van der Waals surface area contributed by atoms with Crippen molar-refractivity contribution >= 4 is 20.8 Å². The van der Waals surface area contributed by atoms with E-state index in [0.717, 1.165) is 5.56 Å². The molecule has 0 bridgehead atoms. The molecule has 0 aliphatic carbocycles. The van der Waals surface area contributed by atoms with E-state index in [1.165, 1.54) is 29.2 Å². The lowest BCUT2D eigenvalue weighted by Gasteiger charge is -2.32. The molecule has 8 nitrogen and oxygen atoms in total. The highest BCUT2D eigenvalue weighted by molar-refractivity contribution is 8.08. The van der Waals surface area contributed by atoms with Crippen molar-refractivity contribution in [3.05, 3.63) is 65.7 Å². The Bertz CT molecular complexity index is 1080. The number of benzene rings is 2. The van der Waals surface area contributed by atoms with Gasteiger partial charge in [-0.3, -0.25) is 9.69 Å². The standard InChI is InChI=1S/C21H23N3O5S/c1-21(2)24(16(14-29-21)13-15-9-11-17(28-3)12-10-15)20(25)19(23-22)30(26,27)18-7-5-4-6-8-18/h4-12,16H,13-14H2,1-3H3/t16-/m0/s1. The third-order valence-corrected chi connectivity index (χ3v) is 6.66. The maximum Gasteiger partial charge on any atom is 0.473 e. The second-order valence-corrected chi connectivity index (χ2v) is 9.23. The highest BCUT2D eigenvalue weighted by Crippen LogP contribution is 2.30. The summed E-state index contributed by atoms with van der Waals surface area (Å²) in [5.41, 5.74) is 9.32. The predicted molar refractivity (Wildman–Crippen MR) is 110 cm³/mol. The van der Waals surface area contributed by atoms with Crippen LogP contribution in [0.2, 0.25) is 0 Å². The number of methoxy groups -OCH3 is 1. The molecule has 0 aromatic heterocycles. The zero-order valence-corrected chi connectivity index (χ0v) is 17.8. The second-order valence-electron chi connectivity index (χ2n) is 7.36. The number of sulfone groups is 1. The minimum atomic E-state index is -4.31. The monoisotopic (exact) mass is 429 g/mol. The fourth-order valence-corrected chi connectivity index (χ4v) is 4.68. The Hall–Kier alpha value is -3.00. The summed E-state index contributed by atoms with van der Waals surface area (Å²) < 4.78 is 36.8. The lowest BCUT2D eigenvalue weighted by Crippen LogP contribution is -2.52. The lowest BCUT2D eigenvalue weighted by atomic mass is 10.0. The number of hydrogen-bond acceptors (Lipinski definition) is 5. The molecule has 1 aliphatic heterocycles. The van der Waals surface area contributed by atoms with Gasteiger partial charge in [-0.05, 0) is 50.1 Å². The van der Waals surface area contributed by atoms with Gasteiger partial charge in [0.15, 0.2) is 0 Å². The minimum Gasteiger partial charge on any atom is -0.497 e. The summed E-state index contributed by atoms with van der Waals surface area (Å²) >= 11 is 0. The largest absolute Gasteiger partial charge is 0.497 e. The summed E-state index contributed by atoms with van der Waals surface area (Å²) in [4.78, 5) is 17.3. The van der Waals surface area contributed by atoms with Crippen LogP contribution in [-0.4, -0.2) is 54.5 Å². The van der Waals surface area contributed by atoms with Gasteiger partial charge in [0, 0.05) is 0 Å². The highest BCUT2D eigenvalue weighted by atomic mass is 32.2. The third kappa shape index (κ3) is 4.14. The Morgan fingerprint density at radius 3 is 2.40 bits per heavy atom. The second kappa shape index (κ2) is 8.39. The summed E-state index contributed by atoms with van der Waals surface area (Å²) in [6.07, 6.45) is 0.434. The summed E-state index contributed by atoms with van der Waals surface area (Å²) in [6, 6.07) is 14.3.